The number of benzene rings is 1. The van der Waals surface area contributed by atoms with Gasteiger partial charge < -0.3 is 10.4 Å². The lowest BCUT2D eigenvalue weighted by molar-refractivity contribution is -0.384. The molecule has 18 heavy (non-hydrogen) atoms. The normalized spacial score (nSPS) is 11.9. The van der Waals surface area contributed by atoms with E-state index in [2.05, 4.69) is 21.2 Å². The maximum atomic E-state index is 13.1. The Kier molecular flexibility index (Phi) is 4.60. The van der Waals surface area contributed by atoms with Crippen LogP contribution in [0.4, 0.5) is 15.8 Å². The molecule has 0 saturated carbocycles. The molecule has 1 aromatic rings. The number of carboxylic acid groups (broad SMARTS) is 1. The molecule has 0 aliphatic heterocycles. The Hall–Kier alpha value is -1.70. The molecule has 0 aliphatic rings. The molecule has 0 aromatic heterocycles. The summed E-state index contributed by atoms with van der Waals surface area (Å²) in [5.74, 6) is -1.78. The molecule has 0 radical (unpaired) electrons. The van der Waals surface area contributed by atoms with E-state index in [1.807, 2.05) is 0 Å². The number of hydrogen-bond donors (Lipinski definition) is 2. The van der Waals surface area contributed by atoms with Crippen molar-refractivity contribution in [3.8, 4) is 0 Å². The van der Waals surface area contributed by atoms with Gasteiger partial charge in [-0.05, 0) is 28.9 Å². The third-order valence-corrected chi connectivity index (χ3v) is 2.73. The average molecular weight is 321 g/mol. The lowest BCUT2D eigenvalue weighted by atomic mass is 10.2. The van der Waals surface area contributed by atoms with Crippen molar-refractivity contribution in [2.24, 2.45) is 0 Å². The number of nitro groups is 1. The standard InChI is InChI=1S/C10H10BrFN2O4/c1-5(2-9(15)16)13-10-7(11)3-6(12)4-8(10)14(17)18/h3-5,13H,2H2,1H3,(H,15,16)/t5-/m1/s1. The molecular formula is C10H10BrFN2O4. The predicted octanol–water partition coefficient (Wildman–Crippen LogP) is 2.77. The number of nitrogens with zero attached hydrogens (tertiary/aromatic N) is 1. The molecule has 0 aliphatic carbocycles. The van der Waals surface area contributed by atoms with E-state index in [-0.39, 0.29) is 16.6 Å². The molecule has 0 bridgehead atoms. The van der Waals surface area contributed by atoms with Crippen molar-refractivity contribution in [1.29, 1.82) is 0 Å². The first kappa shape index (κ1) is 14.4. The summed E-state index contributed by atoms with van der Waals surface area (Å²) in [7, 11) is 0. The van der Waals surface area contributed by atoms with Crippen molar-refractivity contribution in [2.45, 2.75) is 19.4 Å². The van der Waals surface area contributed by atoms with E-state index in [0.29, 0.717) is 0 Å². The van der Waals surface area contributed by atoms with E-state index >= 15 is 0 Å². The largest absolute Gasteiger partial charge is 0.481 e. The zero-order valence-electron chi connectivity index (χ0n) is 9.31. The Bertz CT molecular complexity index is 495. The summed E-state index contributed by atoms with van der Waals surface area (Å²) < 4.78 is 13.2. The topological polar surface area (TPSA) is 92.5 Å². The van der Waals surface area contributed by atoms with E-state index in [1.54, 1.807) is 6.92 Å². The van der Waals surface area contributed by atoms with E-state index in [4.69, 9.17) is 5.11 Å². The summed E-state index contributed by atoms with van der Waals surface area (Å²) in [6.07, 6.45) is -0.207. The molecule has 98 valence electrons. The second-order valence-electron chi connectivity index (χ2n) is 3.68. The molecule has 0 spiro atoms. The average Bonchev–Trinajstić information content (AvgIpc) is 2.20. The molecule has 1 rings (SSSR count). The molecule has 1 aromatic carbocycles. The van der Waals surface area contributed by atoms with Crippen LogP contribution in [0.25, 0.3) is 0 Å². The number of carboxylic acids is 1. The first-order chi connectivity index (χ1) is 8.31. The van der Waals surface area contributed by atoms with E-state index in [9.17, 15) is 19.3 Å². The Balaban J connectivity index is 3.07. The second-order valence-corrected chi connectivity index (χ2v) is 4.54. The summed E-state index contributed by atoms with van der Waals surface area (Å²) in [6.45, 7) is 1.56. The van der Waals surface area contributed by atoms with Crippen LogP contribution in [0.2, 0.25) is 0 Å². The van der Waals surface area contributed by atoms with E-state index < -0.39 is 28.4 Å². The SMILES string of the molecule is C[C@H](CC(=O)O)Nc1c(Br)cc(F)cc1[N+](=O)[O-]. The van der Waals surface area contributed by atoms with Crippen LogP contribution in [0.3, 0.4) is 0 Å². The Morgan fingerprint density at radius 3 is 2.78 bits per heavy atom. The Morgan fingerprint density at radius 1 is 1.67 bits per heavy atom. The Morgan fingerprint density at radius 2 is 2.28 bits per heavy atom. The molecule has 8 heteroatoms. The van der Waals surface area contributed by atoms with Crippen LogP contribution < -0.4 is 5.32 Å². The van der Waals surface area contributed by atoms with Crippen molar-refractivity contribution in [1.82, 2.24) is 0 Å². The number of halogens is 2. The van der Waals surface area contributed by atoms with Gasteiger partial charge in [-0.2, -0.15) is 0 Å². The quantitative estimate of drug-likeness (QED) is 0.642. The number of nitro benzene ring substituents is 1. The molecule has 2 N–H and O–H groups in total. The van der Waals surface area contributed by atoms with Crippen LogP contribution in [0, 0.1) is 15.9 Å². The van der Waals surface area contributed by atoms with E-state index in [1.165, 1.54) is 0 Å². The molecular weight excluding hydrogens is 311 g/mol. The number of carbonyl (C=O) groups is 1. The number of nitrogens with one attached hydrogen (secondary N) is 1. The molecule has 6 nitrogen and oxygen atoms in total. The maximum absolute atomic E-state index is 13.1. The number of aliphatic carboxylic acids is 1. The third kappa shape index (κ3) is 3.66. The fourth-order valence-electron chi connectivity index (χ4n) is 1.41. The van der Waals surface area contributed by atoms with Gasteiger partial charge in [0.05, 0.1) is 21.9 Å². The van der Waals surface area contributed by atoms with E-state index in [0.717, 1.165) is 12.1 Å². The van der Waals surface area contributed by atoms with Gasteiger partial charge in [0.2, 0.25) is 0 Å². The van der Waals surface area contributed by atoms with Crippen LogP contribution in [0.15, 0.2) is 16.6 Å². The van der Waals surface area contributed by atoms with Crippen molar-refractivity contribution >= 4 is 33.3 Å². The second kappa shape index (κ2) is 5.76. The highest BCUT2D eigenvalue weighted by Crippen LogP contribution is 2.34. The zero-order valence-corrected chi connectivity index (χ0v) is 10.9. The summed E-state index contributed by atoms with van der Waals surface area (Å²) in [6, 6.07) is 1.33. The van der Waals surface area contributed by atoms with Crippen LogP contribution in [-0.2, 0) is 4.79 Å². The molecule has 0 amide bonds. The molecule has 1 atom stereocenters. The fourth-order valence-corrected chi connectivity index (χ4v) is 1.94. The van der Waals surface area contributed by atoms with Gasteiger partial charge in [0.1, 0.15) is 11.5 Å². The van der Waals surface area contributed by atoms with Gasteiger partial charge >= 0.3 is 5.97 Å². The Labute approximate surface area is 110 Å². The van der Waals surface area contributed by atoms with Crippen molar-refractivity contribution in [3.05, 3.63) is 32.5 Å². The lowest BCUT2D eigenvalue weighted by Gasteiger charge is -2.14. The van der Waals surface area contributed by atoms with Gasteiger partial charge in [0, 0.05) is 6.04 Å². The summed E-state index contributed by atoms with van der Waals surface area (Å²) in [4.78, 5) is 20.6. The maximum Gasteiger partial charge on any atom is 0.305 e. The van der Waals surface area contributed by atoms with Gasteiger partial charge in [0.15, 0.2) is 0 Å². The minimum Gasteiger partial charge on any atom is -0.481 e. The molecule has 0 fully saturated rings. The van der Waals surface area contributed by atoms with Crippen molar-refractivity contribution in [2.75, 3.05) is 5.32 Å². The highest BCUT2D eigenvalue weighted by molar-refractivity contribution is 9.10. The summed E-state index contributed by atoms with van der Waals surface area (Å²) >= 11 is 3.01. The van der Waals surface area contributed by atoms with Gasteiger partial charge in [-0.25, -0.2) is 4.39 Å². The lowest BCUT2D eigenvalue weighted by Crippen LogP contribution is -2.20. The molecule has 0 unspecified atom stereocenters. The smallest absolute Gasteiger partial charge is 0.305 e. The summed E-state index contributed by atoms with van der Waals surface area (Å²) in [5, 5.41) is 22.1. The first-order valence-electron chi connectivity index (χ1n) is 4.93. The van der Waals surface area contributed by atoms with Crippen LogP contribution in [-0.4, -0.2) is 22.0 Å². The minimum absolute atomic E-state index is 0.0650. The van der Waals surface area contributed by atoms with Crippen molar-refractivity contribution in [3.63, 3.8) is 0 Å². The van der Waals surface area contributed by atoms with Gasteiger partial charge in [-0.1, -0.05) is 0 Å². The van der Waals surface area contributed by atoms with Gasteiger partial charge in [-0.3, -0.25) is 14.9 Å². The van der Waals surface area contributed by atoms with Crippen LogP contribution in [0.1, 0.15) is 13.3 Å². The highest BCUT2D eigenvalue weighted by atomic mass is 79.9. The van der Waals surface area contributed by atoms with Crippen molar-refractivity contribution < 1.29 is 19.2 Å². The van der Waals surface area contributed by atoms with Crippen LogP contribution >= 0.6 is 15.9 Å². The first-order valence-corrected chi connectivity index (χ1v) is 5.72. The minimum atomic E-state index is -1.03. The molecule has 0 saturated heterocycles. The highest BCUT2D eigenvalue weighted by Gasteiger charge is 2.21. The fraction of sp³-hybridized carbons (Fsp3) is 0.300. The van der Waals surface area contributed by atoms with Gasteiger partial charge in [-0.15, -0.1) is 0 Å². The predicted molar refractivity (Wildman–Crippen MR) is 66.1 cm³/mol. The number of rotatable bonds is 5. The monoisotopic (exact) mass is 320 g/mol. The molecule has 0 heterocycles. The zero-order chi connectivity index (χ0) is 13.9. The number of hydrogen-bond acceptors (Lipinski definition) is 4. The summed E-state index contributed by atoms with van der Waals surface area (Å²) in [5.41, 5.74) is -0.380. The van der Waals surface area contributed by atoms with Gasteiger partial charge in [0.25, 0.3) is 5.69 Å². The number of anilines is 1. The third-order valence-electron chi connectivity index (χ3n) is 2.10. The van der Waals surface area contributed by atoms with Crippen LogP contribution in [0.5, 0.6) is 0 Å².